The molecule has 0 fully saturated rings. The summed E-state index contributed by atoms with van der Waals surface area (Å²) in [5.74, 6) is 2.56. The Bertz CT molecular complexity index is 2600. The fourth-order valence-electron chi connectivity index (χ4n) is 5.39. The number of urea groups is 1. The van der Waals surface area contributed by atoms with Crippen LogP contribution in [0.3, 0.4) is 0 Å². The molecule has 4 N–H and O–H groups in total. The van der Waals surface area contributed by atoms with Crippen LogP contribution in [0.1, 0.15) is 25.8 Å². The minimum absolute atomic E-state index is 0.0126. The summed E-state index contributed by atoms with van der Waals surface area (Å²) in [5, 5.41) is 15.6. The molecule has 0 saturated heterocycles. The average Bonchev–Trinajstić information content (AvgIpc) is 3.69. The average molecular weight is 812 g/mol. The molecule has 7 aromatic rings. The van der Waals surface area contributed by atoms with E-state index in [1.165, 1.54) is 42.7 Å². The number of hydrogen-bond acceptors (Lipinski definition) is 13. The number of carbonyl (C=O) groups excluding carboxylic acids is 1. The highest BCUT2D eigenvalue weighted by Gasteiger charge is 2.21. The smallest absolute Gasteiger partial charge is 0.325 e. The maximum atomic E-state index is 14.7. The summed E-state index contributed by atoms with van der Waals surface area (Å²) in [4.78, 5) is 20.9. The summed E-state index contributed by atoms with van der Waals surface area (Å²) < 4.78 is 61.2. The normalized spacial score (nSPS) is 11.0. The van der Waals surface area contributed by atoms with Crippen LogP contribution in [0.2, 0.25) is 0 Å². The Kier molecular flexibility index (Phi) is 12.2. The van der Waals surface area contributed by atoms with Crippen molar-refractivity contribution in [3.05, 3.63) is 102 Å². The van der Waals surface area contributed by atoms with Crippen molar-refractivity contribution in [1.29, 1.82) is 0 Å². The van der Waals surface area contributed by atoms with E-state index in [2.05, 4.69) is 30.8 Å². The molecule has 2 amide bonds. The first-order valence-corrected chi connectivity index (χ1v) is 18.3. The Morgan fingerprint density at radius 3 is 1.60 bits per heavy atom. The number of fused-ring (bicyclic) bond motifs is 2. The number of methoxy groups -OCH3 is 4. The second-order valence-electron chi connectivity index (χ2n) is 13.3. The number of hydrogen-bond donors (Lipinski definition) is 3. The lowest BCUT2D eigenvalue weighted by atomic mass is 9.98. The van der Waals surface area contributed by atoms with Gasteiger partial charge in [0.15, 0.2) is 23.0 Å². The largest absolute Gasteiger partial charge is 0.493 e. The zero-order valence-electron chi connectivity index (χ0n) is 32.5. The van der Waals surface area contributed by atoms with Crippen molar-refractivity contribution in [2.75, 3.05) is 44.8 Å². The number of benzene rings is 4. The Balaban J connectivity index is 0.000000213. The molecule has 58 heavy (non-hydrogen) atoms. The molecule has 0 aliphatic rings. The summed E-state index contributed by atoms with van der Waals surface area (Å²) in [7, 11) is 6.18. The number of ether oxygens (including phenoxy) is 6. The maximum absolute atomic E-state index is 14.7. The van der Waals surface area contributed by atoms with Crippen LogP contribution < -0.4 is 44.8 Å². The van der Waals surface area contributed by atoms with Gasteiger partial charge in [0.05, 0.1) is 50.8 Å². The zero-order valence-corrected chi connectivity index (χ0v) is 33.3. The number of anilines is 3. The van der Waals surface area contributed by atoms with Gasteiger partial charge in [0.2, 0.25) is 5.13 Å². The molecule has 0 saturated carbocycles. The van der Waals surface area contributed by atoms with E-state index in [1.807, 2.05) is 20.8 Å². The predicted molar refractivity (Wildman–Crippen MR) is 218 cm³/mol. The lowest BCUT2D eigenvalue weighted by Crippen LogP contribution is -2.20. The molecule has 0 unspecified atom stereocenters. The molecule has 300 valence electrons. The van der Waals surface area contributed by atoms with Crippen LogP contribution in [-0.2, 0) is 5.41 Å². The number of nitrogens with one attached hydrogen (secondary N) is 2. The number of halogens is 2. The molecule has 0 radical (unpaired) electrons. The topological polar surface area (TPSA) is 174 Å². The molecule has 14 nitrogen and oxygen atoms in total. The molecule has 17 heteroatoms. The highest BCUT2D eigenvalue weighted by Crippen LogP contribution is 2.39. The number of nitrogen functional groups attached to an aromatic ring is 1. The van der Waals surface area contributed by atoms with E-state index < -0.39 is 17.7 Å². The lowest BCUT2D eigenvalue weighted by Gasteiger charge is -2.13. The second kappa shape index (κ2) is 17.4. The van der Waals surface area contributed by atoms with E-state index >= 15 is 0 Å². The highest BCUT2D eigenvalue weighted by molar-refractivity contribution is 7.15. The van der Waals surface area contributed by atoms with Crippen LogP contribution in [0.4, 0.5) is 30.1 Å². The van der Waals surface area contributed by atoms with E-state index in [9.17, 15) is 13.6 Å². The van der Waals surface area contributed by atoms with Crippen molar-refractivity contribution in [2.45, 2.75) is 26.2 Å². The van der Waals surface area contributed by atoms with Gasteiger partial charge in [0.1, 0.15) is 39.6 Å². The molecule has 0 atom stereocenters. The van der Waals surface area contributed by atoms with Gasteiger partial charge in [-0.25, -0.2) is 13.6 Å². The zero-order chi connectivity index (χ0) is 41.6. The van der Waals surface area contributed by atoms with E-state index in [-0.39, 0.29) is 22.5 Å². The highest BCUT2D eigenvalue weighted by atomic mass is 32.1. The number of nitrogens with zero attached hydrogens (tertiary/aromatic N) is 4. The van der Waals surface area contributed by atoms with Crippen molar-refractivity contribution in [2.24, 2.45) is 0 Å². The Morgan fingerprint density at radius 1 is 0.638 bits per heavy atom. The summed E-state index contributed by atoms with van der Waals surface area (Å²) in [6, 6.07) is 18.2. The fraction of sp³-hybridized carbons (Fsp3) is 0.195. The minimum atomic E-state index is -0.664. The number of amides is 2. The third-order valence-electron chi connectivity index (χ3n) is 8.32. The summed E-state index contributed by atoms with van der Waals surface area (Å²) in [5.41, 5.74) is 6.65. The van der Waals surface area contributed by atoms with Gasteiger partial charge in [-0.15, -0.1) is 10.2 Å². The fourth-order valence-corrected chi connectivity index (χ4v) is 6.18. The number of nitrogens with two attached hydrogens (primary N) is 1. The van der Waals surface area contributed by atoms with Crippen LogP contribution in [0.25, 0.3) is 21.8 Å². The second-order valence-corrected chi connectivity index (χ2v) is 14.3. The monoisotopic (exact) mass is 811 g/mol. The van der Waals surface area contributed by atoms with Crippen LogP contribution in [-0.4, -0.2) is 54.6 Å². The quantitative estimate of drug-likeness (QED) is 0.112. The first kappa shape index (κ1) is 40.6. The van der Waals surface area contributed by atoms with Crippen LogP contribution >= 0.6 is 11.3 Å². The Hall–Kier alpha value is -7.01. The molecule has 0 spiro atoms. The van der Waals surface area contributed by atoms with Gasteiger partial charge in [0.25, 0.3) is 0 Å². The standard InChI is InChI=1S/C24H24FN5O4S.C17H15FN2O3/c1-24(2,3)21-29-30-23(35-21)28-22(31)27-16-7-6-13(10-15(16)25)34-18-8-9-26-17-12-20(33-5)19(32-4)11-14(17)18;1-21-16-8-11-14(9-17(16)22-2)20-6-5-15(11)23-10-3-4-13(19)12(18)7-10/h6-12H,1-5H3,(H2,27,28,30,31);3-9H,19H2,1-2H3. The van der Waals surface area contributed by atoms with Gasteiger partial charge in [0, 0.05) is 52.8 Å². The van der Waals surface area contributed by atoms with E-state index in [1.54, 1.807) is 82.3 Å². The van der Waals surface area contributed by atoms with E-state index in [4.69, 9.17) is 34.2 Å². The molecule has 4 aromatic carbocycles. The first-order valence-electron chi connectivity index (χ1n) is 17.4. The summed E-state index contributed by atoms with van der Waals surface area (Å²) in [6.07, 6.45) is 3.19. The van der Waals surface area contributed by atoms with Crippen molar-refractivity contribution in [3.8, 4) is 46.0 Å². The summed E-state index contributed by atoms with van der Waals surface area (Å²) >= 11 is 1.26. The van der Waals surface area contributed by atoms with E-state index in [0.29, 0.717) is 61.8 Å². The van der Waals surface area contributed by atoms with Crippen LogP contribution in [0.15, 0.2) is 85.2 Å². The van der Waals surface area contributed by atoms with Gasteiger partial charge < -0.3 is 39.5 Å². The van der Waals surface area contributed by atoms with Crippen LogP contribution in [0.5, 0.6) is 46.0 Å². The molecule has 0 aliphatic carbocycles. The number of carbonyl (C=O) groups is 1. The van der Waals surface area contributed by atoms with Crippen molar-refractivity contribution < 1.29 is 42.0 Å². The SMILES string of the molecule is COc1cc2nccc(Oc3ccc(N)c(F)c3)c2cc1OC.COc1cc2nccc(Oc3ccc(NC(=O)Nc4nnc(C(C)(C)C)s4)c(F)c3)c2cc1OC. The first-order chi connectivity index (χ1) is 27.8. The maximum Gasteiger partial charge on any atom is 0.325 e. The van der Waals surface area contributed by atoms with Gasteiger partial charge in [-0.05, 0) is 48.5 Å². The number of pyridine rings is 2. The number of aromatic nitrogens is 4. The van der Waals surface area contributed by atoms with Crippen molar-refractivity contribution >= 4 is 55.7 Å². The molecular formula is C41H39F2N7O7S. The molecular weight excluding hydrogens is 773 g/mol. The Labute approximate surface area is 335 Å². The molecule has 0 bridgehead atoms. The van der Waals surface area contributed by atoms with Gasteiger partial charge in [-0.2, -0.15) is 0 Å². The predicted octanol–water partition coefficient (Wildman–Crippen LogP) is 9.74. The van der Waals surface area contributed by atoms with Gasteiger partial charge in [-0.3, -0.25) is 15.3 Å². The summed E-state index contributed by atoms with van der Waals surface area (Å²) in [6.45, 7) is 6.00. The van der Waals surface area contributed by atoms with Crippen LogP contribution in [0, 0.1) is 11.6 Å². The Morgan fingerprint density at radius 2 is 1.14 bits per heavy atom. The van der Waals surface area contributed by atoms with Crippen molar-refractivity contribution in [1.82, 2.24) is 20.2 Å². The third-order valence-corrected chi connectivity index (χ3v) is 9.58. The van der Waals surface area contributed by atoms with Crippen molar-refractivity contribution in [3.63, 3.8) is 0 Å². The molecule has 3 heterocycles. The third kappa shape index (κ3) is 9.33. The van der Waals surface area contributed by atoms with E-state index in [0.717, 1.165) is 10.4 Å². The van der Waals surface area contributed by atoms with Gasteiger partial charge in [-0.1, -0.05) is 32.1 Å². The molecule has 7 rings (SSSR count). The minimum Gasteiger partial charge on any atom is -0.493 e. The van der Waals surface area contributed by atoms with Gasteiger partial charge >= 0.3 is 6.03 Å². The molecule has 0 aliphatic heterocycles. The molecule has 3 aromatic heterocycles. The number of rotatable bonds is 10. The lowest BCUT2D eigenvalue weighted by molar-refractivity contribution is 0.262.